The largest absolute Gasteiger partial charge is 0.496 e. The molecule has 0 atom stereocenters. The zero-order chi connectivity index (χ0) is 20.4. The van der Waals surface area contributed by atoms with Gasteiger partial charge >= 0.3 is 0 Å². The van der Waals surface area contributed by atoms with E-state index in [0.29, 0.717) is 0 Å². The third-order valence-electron chi connectivity index (χ3n) is 4.72. The van der Waals surface area contributed by atoms with E-state index in [1.165, 1.54) is 22.3 Å². The lowest BCUT2D eigenvalue weighted by atomic mass is 9.95. The van der Waals surface area contributed by atoms with Gasteiger partial charge in [-0.25, -0.2) is 0 Å². The summed E-state index contributed by atoms with van der Waals surface area (Å²) in [5.41, 5.74) is 6.72. The van der Waals surface area contributed by atoms with E-state index in [1.54, 1.807) is 7.11 Å². The van der Waals surface area contributed by atoms with Crippen LogP contribution in [0.25, 0.3) is 11.6 Å². The molecular formula is C26H31BrO. The molecule has 0 bridgehead atoms. The molecule has 1 aliphatic carbocycles. The first-order valence-electron chi connectivity index (χ1n) is 10.2. The lowest BCUT2D eigenvalue weighted by Gasteiger charge is -2.11. The first-order valence-corrected chi connectivity index (χ1v) is 11.0. The Morgan fingerprint density at radius 2 is 1.86 bits per heavy atom. The summed E-state index contributed by atoms with van der Waals surface area (Å²) in [6.07, 6.45) is 13.2. The second kappa shape index (κ2) is 11.7. The van der Waals surface area contributed by atoms with Gasteiger partial charge in [0.05, 0.1) is 7.11 Å². The van der Waals surface area contributed by atoms with E-state index in [1.807, 2.05) is 26.0 Å². The van der Waals surface area contributed by atoms with Crippen LogP contribution in [0.15, 0.2) is 70.7 Å². The summed E-state index contributed by atoms with van der Waals surface area (Å²) < 4.78 is 6.64. The van der Waals surface area contributed by atoms with Gasteiger partial charge in [0.25, 0.3) is 0 Å². The monoisotopic (exact) mass is 438 g/mol. The van der Waals surface area contributed by atoms with Crippen LogP contribution in [0.5, 0.6) is 5.75 Å². The summed E-state index contributed by atoms with van der Waals surface area (Å²) in [5.74, 6) is 0.902. The van der Waals surface area contributed by atoms with Crippen molar-refractivity contribution in [3.05, 3.63) is 87.4 Å². The molecule has 0 N–H and O–H groups in total. The van der Waals surface area contributed by atoms with Crippen LogP contribution in [0.2, 0.25) is 0 Å². The highest BCUT2D eigenvalue weighted by atomic mass is 79.9. The van der Waals surface area contributed by atoms with Gasteiger partial charge in [0, 0.05) is 10.0 Å². The third kappa shape index (κ3) is 5.97. The summed E-state index contributed by atoms with van der Waals surface area (Å²) in [7, 11) is 1.73. The molecule has 3 rings (SSSR count). The van der Waals surface area contributed by atoms with Crippen molar-refractivity contribution in [3.8, 4) is 5.75 Å². The van der Waals surface area contributed by atoms with Gasteiger partial charge in [-0.1, -0.05) is 84.8 Å². The molecule has 0 radical (unpaired) electrons. The van der Waals surface area contributed by atoms with Gasteiger partial charge in [-0.05, 0) is 66.7 Å². The zero-order valence-corrected chi connectivity index (χ0v) is 19.1. The molecule has 1 aliphatic rings. The predicted octanol–water partition coefficient (Wildman–Crippen LogP) is 8.25. The van der Waals surface area contributed by atoms with Gasteiger partial charge < -0.3 is 4.74 Å². The normalized spacial score (nSPS) is 16.5. The molecule has 2 aromatic rings. The first-order chi connectivity index (χ1) is 13.7. The molecular weight excluding hydrogens is 408 g/mol. The number of fused-ring (bicyclic) bond motifs is 1. The molecule has 0 amide bonds. The van der Waals surface area contributed by atoms with Gasteiger partial charge in [-0.3, -0.25) is 0 Å². The predicted molar refractivity (Wildman–Crippen MR) is 127 cm³/mol. The highest BCUT2D eigenvalue weighted by Crippen LogP contribution is 2.36. The molecule has 148 valence electrons. The smallest absolute Gasteiger partial charge is 0.126 e. The van der Waals surface area contributed by atoms with E-state index >= 15 is 0 Å². The van der Waals surface area contributed by atoms with E-state index < -0.39 is 0 Å². The molecule has 0 aliphatic heterocycles. The molecule has 0 aromatic heterocycles. The highest BCUT2D eigenvalue weighted by Gasteiger charge is 2.15. The maximum Gasteiger partial charge on any atom is 0.126 e. The van der Waals surface area contributed by atoms with Crippen LogP contribution in [0.3, 0.4) is 0 Å². The van der Waals surface area contributed by atoms with Gasteiger partial charge in [0.1, 0.15) is 5.75 Å². The Kier molecular flexibility index (Phi) is 9.30. The SMILES string of the molecule is CC.CC/C=C\C=C1\CCc2ccccc2/C(=C/c2cc(Br)ccc2OC)C1. The number of benzene rings is 2. The van der Waals surface area contributed by atoms with E-state index in [0.717, 1.165) is 41.5 Å². The van der Waals surface area contributed by atoms with Crippen LogP contribution in [0, 0.1) is 0 Å². The second-order valence-corrected chi connectivity index (χ2v) is 7.47. The summed E-state index contributed by atoms with van der Waals surface area (Å²) in [6, 6.07) is 14.9. The number of methoxy groups -OCH3 is 1. The minimum absolute atomic E-state index is 0.902. The Hall–Kier alpha value is -2.06. The molecule has 0 unspecified atom stereocenters. The lowest BCUT2D eigenvalue weighted by molar-refractivity contribution is 0.414. The maximum atomic E-state index is 5.58. The average Bonchev–Trinajstić information content (AvgIpc) is 2.90. The average molecular weight is 439 g/mol. The third-order valence-corrected chi connectivity index (χ3v) is 5.21. The van der Waals surface area contributed by atoms with Gasteiger partial charge in [-0.2, -0.15) is 0 Å². The van der Waals surface area contributed by atoms with Crippen LogP contribution in [-0.4, -0.2) is 7.11 Å². The number of hydrogen-bond acceptors (Lipinski definition) is 1. The van der Waals surface area contributed by atoms with Crippen molar-refractivity contribution in [3.63, 3.8) is 0 Å². The summed E-state index contributed by atoms with van der Waals surface area (Å²) >= 11 is 3.59. The number of rotatable bonds is 4. The van der Waals surface area contributed by atoms with Gasteiger partial charge in [0.2, 0.25) is 0 Å². The minimum atomic E-state index is 0.902. The molecule has 28 heavy (non-hydrogen) atoms. The van der Waals surface area contributed by atoms with E-state index in [4.69, 9.17) is 4.74 Å². The van der Waals surface area contributed by atoms with Crippen LogP contribution in [0.1, 0.15) is 56.7 Å². The second-order valence-electron chi connectivity index (χ2n) is 6.55. The fraction of sp³-hybridized carbons (Fsp3) is 0.308. The van der Waals surface area contributed by atoms with Crippen molar-refractivity contribution in [2.45, 2.75) is 46.5 Å². The van der Waals surface area contributed by atoms with Crippen molar-refractivity contribution in [2.24, 2.45) is 0 Å². The van der Waals surface area contributed by atoms with Crippen molar-refractivity contribution >= 4 is 27.6 Å². The van der Waals surface area contributed by atoms with E-state index in [9.17, 15) is 0 Å². The number of hydrogen-bond donors (Lipinski definition) is 0. The molecule has 2 aromatic carbocycles. The fourth-order valence-corrected chi connectivity index (χ4v) is 3.77. The summed E-state index contributed by atoms with van der Waals surface area (Å²) in [5, 5.41) is 0. The van der Waals surface area contributed by atoms with Gasteiger partial charge in [0.15, 0.2) is 0 Å². The van der Waals surface area contributed by atoms with Crippen molar-refractivity contribution in [1.82, 2.24) is 0 Å². The highest BCUT2D eigenvalue weighted by molar-refractivity contribution is 9.10. The standard InChI is InChI=1S/C24H25BrO.C2H6/c1-3-4-5-8-18-11-12-19-9-6-7-10-23(19)20(15-18)16-21-17-22(25)13-14-24(21)26-2;1-2/h4-10,13-14,16-17H,3,11-12,15H2,1-2H3;1-2H3/b5-4-,18-8-,20-16+;. The Balaban J connectivity index is 0.00000136. The number of ether oxygens (including phenoxy) is 1. The lowest BCUT2D eigenvalue weighted by Crippen LogP contribution is -1.91. The Morgan fingerprint density at radius 1 is 1.07 bits per heavy atom. The quantitative estimate of drug-likeness (QED) is 0.436. The molecule has 0 saturated heterocycles. The van der Waals surface area contributed by atoms with Crippen LogP contribution in [-0.2, 0) is 6.42 Å². The Labute approximate surface area is 179 Å². The van der Waals surface area contributed by atoms with Gasteiger partial charge in [-0.15, -0.1) is 0 Å². The van der Waals surface area contributed by atoms with Crippen molar-refractivity contribution < 1.29 is 4.74 Å². The van der Waals surface area contributed by atoms with Crippen LogP contribution >= 0.6 is 15.9 Å². The zero-order valence-electron chi connectivity index (χ0n) is 17.5. The molecule has 1 nitrogen and oxygen atoms in total. The topological polar surface area (TPSA) is 9.23 Å². The van der Waals surface area contributed by atoms with E-state index in [2.05, 4.69) is 77.5 Å². The Morgan fingerprint density at radius 3 is 2.61 bits per heavy atom. The summed E-state index contributed by atoms with van der Waals surface area (Å²) in [4.78, 5) is 0. The molecule has 0 fully saturated rings. The van der Waals surface area contributed by atoms with Crippen molar-refractivity contribution in [1.29, 1.82) is 0 Å². The van der Waals surface area contributed by atoms with Crippen molar-refractivity contribution in [2.75, 3.05) is 7.11 Å². The number of halogens is 1. The van der Waals surface area contributed by atoms with E-state index in [-0.39, 0.29) is 0 Å². The molecule has 0 saturated carbocycles. The van der Waals surface area contributed by atoms with Crippen LogP contribution in [0.4, 0.5) is 0 Å². The fourth-order valence-electron chi connectivity index (χ4n) is 3.39. The first kappa shape index (κ1) is 22.2. The number of aryl methyl sites for hydroxylation is 1. The minimum Gasteiger partial charge on any atom is -0.496 e. The molecule has 2 heteroatoms. The maximum absolute atomic E-state index is 5.58. The number of allylic oxidation sites excluding steroid dienone is 5. The summed E-state index contributed by atoms with van der Waals surface area (Å²) in [6.45, 7) is 6.17. The molecule has 0 spiro atoms. The van der Waals surface area contributed by atoms with Crippen LogP contribution < -0.4 is 4.74 Å². The Bertz CT molecular complexity index is 858. The molecule has 0 heterocycles.